The molecule has 0 aliphatic heterocycles. The van der Waals surface area contributed by atoms with Gasteiger partial charge in [0.05, 0.1) is 5.69 Å². The Morgan fingerprint density at radius 3 is 2.67 bits per heavy atom. The third-order valence-electron chi connectivity index (χ3n) is 3.41. The minimum absolute atomic E-state index is 0.0859. The van der Waals surface area contributed by atoms with Gasteiger partial charge < -0.3 is 5.32 Å². The van der Waals surface area contributed by atoms with E-state index in [-0.39, 0.29) is 11.7 Å². The molecule has 3 nitrogen and oxygen atoms in total. The van der Waals surface area contributed by atoms with Crippen molar-refractivity contribution in [1.82, 2.24) is 10.3 Å². The van der Waals surface area contributed by atoms with Gasteiger partial charge in [0.25, 0.3) is 0 Å². The summed E-state index contributed by atoms with van der Waals surface area (Å²) in [6, 6.07) is 4.19. The Hall–Kier alpha value is -1.22. The summed E-state index contributed by atoms with van der Waals surface area (Å²) in [5.74, 6) is 0.299. The summed E-state index contributed by atoms with van der Waals surface area (Å²) in [4.78, 5) is 16.4. The van der Waals surface area contributed by atoms with Gasteiger partial charge in [-0.1, -0.05) is 20.8 Å². The molecule has 1 rings (SSSR count). The van der Waals surface area contributed by atoms with Gasteiger partial charge in [0.2, 0.25) is 0 Å². The van der Waals surface area contributed by atoms with E-state index in [2.05, 4.69) is 24.1 Å². The van der Waals surface area contributed by atoms with Crippen LogP contribution in [0.25, 0.3) is 0 Å². The average molecular weight is 248 g/mol. The molecule has 100 valence electrons. The number of Topliss-reactive ketones (excluding diaryl/α,β-unsaturated/α-hetero) is 1. The fraction of sp³-hybridized carbons (Fsp3) is 0.600. The highest BCUT2D eigenvalue weighted by atomic mass is 16.1. The molecule has 0 bridgehead atoms. The van der Waals surface area contributed by atoms with Crippen LogP contribution in [0.4, 0.5) is 0 Å². The highest BCUT2D eigenvalue weighted by molar-refractivity contribution is 5.97. The van der Waals surface area contributed by atoms with E-state index in [0.29, 0.717) is 6.04 Å². The van der Waals surface area contributed by atoms with Crippen molar-refractivity contribution in [3.63, 3.8) is 0 Å². The first-order chi connectivity index (χ1) is 8.58. The van der Waals surface area contributed by atoms with E-state index in [1.54, 1.807) is 12.3 Å². The molecule has 2 unspecified atom stereocenters. The van der Waals surface area contributed by atoms with Crippen LogP contribution in [0.15, 0.2) is 18.3 Å². The number of rotatable bonds is 7. The second-order valence-corrected chi connectivity index (χ2v) is 4.90. The van der Waals surface area contributed by atoms with Crippen molar-refractivity contribution >= 4 is 5.78 Å². The Balaban J connectivity index is 2.70. The van der Waals surface area contributed by atoms with Gasteiger partial charge in [-0.25, -0.2) is 0 Å². The molecule has 3 heteroatoms. The molecule has 0 aliphatic carbocycles. The quantitative estimate of drug-likeness (QED) is 0.753. The number of aromatic nitrogens is 1. The molecule has 1 aromatic rings. The van der Waals surface area contributed by atoms with Crippen LogP contribution < -0.4 is 5.32 Å². The van der Waals surface area contributed by atoms with Crippen LogP contribution >= 0.6 is 0 Å². The number of carbonyl (C=O) groups excluding carboxylic acids is 1. The third-order valence-corrected chi connectivity index (χ3v) is 3.41. The van der Waals surface area contributed by atoms with Crippen LogP contribution in [0.3, 0.4) is 0 Å². The minimum Gasteiger partial charge on any atom is -0.309 e. The molecule has 18 heavy (non-hydrogen) atoms. The fourth-order valence-corrected chi connectivity index (χ4v) is 1.62. The monoisotopic (exact) mass is 248 g/mol. The summed E-state index contributed by atoms with van der Waals surface area (Å²) >= 11 is 0. The van der Waals surface area contributed by atoms with Gasteiger partial charge in [-0.05, 0) is 31.9 Å². The summed E-state index contributed by atoms with van der Waals surface area (Å²) in [5.41, 5.74) is 1.71. The van der Waals surface area contributed by atoms with Gasteiger partial charge in [0.15, 0.2) is 5.78 Å². The first kappa shape index (κ1) is 14.8. The number of ketones is 1. The molecule has 2 atom stereocenters. The summed E-state index contributed by atoms with van der Waals surface area (Å²) < 4.78 is 0. The molecule has 1 aromatic heterocycles. The largest absolute Gasteiger partial charge is 0.309 e. The normalized spacial score (nSPS) is 14.2. The van der Waals surface area contributed by atoms with Crippen molar-refractivity contribution in [3.8, 4) is 0 Å². The van der Waals surface area contributed by atoms with E-state index in [1.165, 1.54) is 0 Å². The molecule has 0 aromatic carbocycles. The van der Waals surface area contributed by atoms with E-state index in [9.17, 15) is 4.79 Å². The van der Waals surface area contributed by atoms with Crippen LogP contribution in [0.2, 0.25) is 0 Å². The van der Waals surface area contributed by atoms with Crippen LogP contribution in [-0.2, 0) is 6.54 Å². The second-order valence-electron chi connectivity index (χ2n) is 4.90. The fourth-order valence-electron chi connectivity index (χ4n) is 1.62. The predicted octanol–water partition coefficient (Wildman–Crippen LogP) is 3.20. The Morgan fingerprint density at radius 1 is 1.33 bits per heavy atom. The molecule has 0 radical (unpaired) electrons. The smallest absolute Gasteiger partial charge is 0.165 e. The lowest BCUT2D eigenvalue weighted by atomic mass is 9.97. The zero-order chi connectivity index (χ0) is 13.5. The lowest BCUT2D eigenvalue weighted by Gasteiger charge is -2.12. The first-order valence-electron chi connectivity index (χ1n) is 6.81. The van der Waals surface area contributed by atoms with E-state index in [4.69, 9.17) is 0 Å². The van der Waals surface area contributed by atoms with Crippen molar-refractivity contribution in [2.75, 3.05) is 0 Å². The Bertz CT molecular complexity index is 390. The molecular weight excluding hydrogens is 224 g/mol. The van der Waals surface area contributed by atoms with Crippen molar-refractivity contribution < 1.29 is 4.79 Å². The average Bonchev–Trinajstić information content (AvgIpc) is 2.43. The van der Waals surface area contributed by atoms with E-state index in [1.807, 2.05) is 19.9 Å². The topological polar surface area (TPSA) is 42.0 Å². The van der Waals surface area contributed by atoms with Crippen molar-refractivity contribution in [1.29, 1.82) is 0 Å². The SMILES string of the molecule is CCC(C)NCc1cc(C(=O)C(C)CC)ccn1. The number of carbonyl (C=O) groups is 1. The van der Waals surface area contributed by atoms with Gasteiger partial charge in [-0.3, -0.25) is 9.78 Å². The molecule has 1 heterocycles. The lowest BCUT2D eigenvalue weighted by molar-refractivity contribution is 0.0927. The number of hydrogen-bond donors (Lipinski definition) is 1. The Kier molecular flexibility index (Phi) is 5.99. The molecule has 1 N–H and O–H groups in total. The zero-order valence-corrected chi connectivity index (χ0v) is 11.9. The van der Waals surface area contributed by atoms with Gasteiger partial charge in [-0.2, -0.15) is 0 Å². The molecule has 0 fully saturated rings. The van der Waals surface area contributed by atoms with Crippen molar-refractivity contribution in [2.24, 2.45) is 5.92 Å². The van der Waals surface area contributed by atoms with Crippen molar-refractivity contribution in [3.05, 3.63) is 29.6 Å². The zero-order valence-electron chi connectivity index (χ0n) is 11.9. The standard InChI is InChI=1S/C15H24N2O/c1-5-11(3)15(18)13-7-8-16-14(9-13)10-17-12(4)6-2/h7-9,11-12,17H,5-6,10H2,1-4H3. The van der Waals surface area contributed by atoms with E-state index < -0.39 is 0 Å². The number of hydrogen-bond acceptors (Lipinski definition) is 3. The Morgan fingerprint density at radius 2 is 2.06 bits per heavy atom. The third kappa shape index (κ3) is 4.22. The highest BCUT2D eigenvalue weighted by Crippen LogP contribution is 2.12. The molecule has 0 aliphatic rings. The number of nitrogens with one attached hydrogen (secondary N) is 1. The summed E-state index contributed by atoms with van der Waals surface area (Å²) in [7, 11) is 0. The predicted molar refractivity (Wildman–Crippen MR) is 74.6 cm³/mol. The molecule has 0 spiro atoms. The summed E-state index contributed by atoms with van der Waals surface area (Å²) in [6.07, 6.45) is 3.69. The summed E-state index contributed by atoms with van der Waals surface area (Å²) in [6.45, 7) is 9.02. The van der Waals surface area contributed by atoms with Crippen molar-refractivity contribution in [2.45, 2.75) is 53.1 Å². The highest BCUT2D eigenvalue weighted by Gasteiger charge is 2.13. The van der Waals surface area contributed by atoms with Crippen LogP contribution in [0, 0.1) is 5.92 Å². The van der Waals surface area contributed by atoms with Crippen LogP contribution in [-0.4, -0.2) is 16.8 Å². The minimum atomic E-state index is 0.0859. The molecular formula is C15H24N2O. The lowest BCUT2D eigenvalue weighted by Crippen LogP contribution is -2.25. The second kappa shape index (κ2) is 7.27. The van der Waals surface area contributed by atoms with E-state index in [0.717, 1.165) is 30.6 Å². The maximum absolute atomic E-state index is 12.1. The summed E-state index contributed by atoms with van der Waals surface area (Å²) in [5, 5.41) is 3.38. The Labute approximate surface area is 110 Å². The van der Waals surface area contributed by atoms with Crippen LogP contribution in [0.1, 0.15) is 56.6 Å². The maximum Gasteiger partial charge on any atom is 0.165 e. The molecule has 0 amide bonds. The number of pyridine rings is 1. The van der Waals surface area contributed by atoms with Gasteiger partial charge in [0, 0.05) is 30.3 Å². The van der Waals surface area contributed by atoms with Crippen LogP contribution in [0.5, 0.6) is 0 Å². The molecule has 0 saturated carbocycles. The van der Waals surface area contributed by atoms with Gasteiger partial charge >= 0.3 is 0 Å². The molecule has 0 saturated heterocycles. The maximum atomic E-state index is 12.1. The van der Waals surface area contributed by atoms with Gasteiger partial charge in [-0.15, -0.1) is 0 Å². The van der Waals surface area contributed by atoms with Gasteiger partial charge in [0.1, 0.15) is 0 Å². The van der Waals surface area contributed by atoms with E-state index >= 15 is 0 Å². The number of nitrogens with zero attached hydrogens (tertiary/aromatic N) is 1. The first-order valence-corrected chi connectivity index (χ1v) is 6.81.